The van der Waals surface area contributed by atoms with Crippen molar-refractivity contribution < 1.29 is 4.79 Å². The van der Waals surface area contributed by atoms with Crippen molar-refractivity contribution in [1.29, 1.82) is 0 Å². The third-order valence-corrected chi connectivity index (χ3v) is 9.71. The van der Waals surface area contributed by atoms with Gasteiger partial charge in [-0.05, 0) is 91.8 Å². The summed E-state index contributed by atoms with van der Waals surface area (Å²) in [6, 6.07) is 0. The lowest BCUT2D eigenvalue weighted by atomic mass is 9.48. The summed E-state index contributed by atoms with van der Waals surface area (Å²) in [5.41, 5.74) is 0.201. The number of aromatic nitrogens is 3. The second-order valence-electron chi connectivity index (χ2n) is 11.2. The lowest BCUT2D eigenvalue weighted by molar-refractivity contribution is -0.131. The highest BCUT2D eigenvalue weighted by molar-refractivity contribution is 5.82. The van der Waals surface area contributed by atoms with Gasteiger partial charge in [-0.3, -0.25) is 4.79 Å². The van der Waals surface area contributed by atoms with Crippen LogP contribution in [0.1, 0.15) is 72.1 Å². The quantitative estimate of drug-likeness (QED) is 0.738. The number of hydrogen-bond donors (Lipinski definition) is 0. The van der Waals surface area contributed by atoms with Gasteiger partial charge in [0.1, 0.15) is 6.54 Å². The molecule has 0 saturated heterocycles. The van der Waals surface area contributed by atoms with Crippen molar-refractivity contribution >= 4 is 5.78 Å². The number of carbonyl (C=O) groups is 1. The maximum atomic E-state index is 13.3. The zero-order valence-corrected chi connectivity index (χ0v) is 17.9. The van der Waals surface area contributed by atoms with Crippen molar-refractivity contribution in [2.45, 2.75) is 78.7 Å². The molecule has 0 amide bonds. The fourth-order valence-electron chi connectivity index (χ4n) is 8.72. The Morgan fingerprint density at radius 1 is 1.07 bits per heavy atom. The van der Waals surface area contributed by atoms with Crippen molar-refractivity contribution in [2.75, 3.05) is 0 Å². The Kier molecular flexibility index (Phi) is 4.67. The number of rotatable bonds is 3. The van der Waals surface area contributed by atoms with E-state index >= 15 is 0 Å². The van der Waals surface area contributed by atoms with Crippen molar-refractivity contribution in [2.24, 2.45) is 52.8 Å². The largest absolute Gasteiger partial charge is 0.297 e. The lowest BCUT2D eigenvalue weighted by Crippen LogP contribution is -2.50. The van der Waals surface area contributed by atoms with Gasteiger partial charge in [-0.25, -0.2) is 4.68 Å². The molecule has 0 aromatic carbocycles. The smallest absolute Gasteiger partial charge is 0.157 e. The normalized spacial score (nSPS) is 47.8. The average Bonchev–Trinajstić information content (AvgIpc) is 3.27. The fraction of sp³-hybridized carbons (Fsp3) is 0.875. The molecule has 0 aliphatic heterocycles. The van der Waals surface area contributed by atoms with Crippen LogP contribution in [0.4, 0.5) is 0 Å². The number of carbonyl (C=O) groups excluding carboxylic acids is 1. The molecule has 1 heterocycles. The molecule has 4 aliphatic rings. The monoisotopic (exact) mass is 383 g/mol. The van der Waals surface area contributed by atoms with Crippen molar-refractivity contribution in [3.05, 3.63) is 12.4 Å². The second-order valence-corrected chi connectivity index (χ2v) is 11.2. The van der Waals surface area contributed by atoms with E-state index in [1.54, 1.807) is 10.9 Å². The molecule has 0 N–H and O–H groups in total. The van der Waals surface area contributed by atoms with Crippen molar-refractivity contribution in [3.8, 4) is 0 Å². The Balaban J connectivity index is 1.37. The second kappa shape index (κ2) is 6.95. The number of Topliss-reactive ketones (excluding diaryl/α,β-unsaturated/α-hetero) is 1. The van der Waals surface area contributed by atoms with Gasteiger partial charge in [-0.2, -0.15) is 0 Å². The minimum absolute atomic E-state index is 0.201. The van der Waals surface area contributed by atoms with Crippen LogP contribution in [-0.4, -0.2) is 20.8 Å². The first-order valence-corrected chi connectivity index (χ1v) is 11.8. The van der Waals surface area contributed by atoms with Gasteiger partial charge >= 0.3 is 0 Å². The van der Waals surface area contributed by atoms with Crippen LogP contribution < -0.4 is 0 Å². The molecular formula is C24H37N3O. The highest BCUT2D eigenvalue weighted by atomic mass is 16.1. The van der Waals surface area contributed by atoms with Crippen molar-refractivity contribution in [3.63, 3.8) is 0 Å². The minimum Gasteiger partial charge on any atom is -0.297 e. The van der Waals surface area contributed by atoms with Crippen LogP contribution in [0.25, 0.3) is 0 Å². The molecule has 4 nitrogen and oxygen atoms in total. The minimum atomic E-state index is 0.201. The number of fused-ring (bicyclic) bond motifs is 5. The van der Waals surface area contributed by atoms with Gasteiger partial charge in [-0.15, -0.1) is 5.10 Å². The topological polar surface area (TPSA) is 47.8 Å². The number of nitrogens with zero attached hydrogens (tertiary/aromatic N) is 3. The van der Waals surface area contributed by atoms with Gasteiger partial charge in [0.2, 0.25) is 0 Å². The average molecular weight is 384 g/mol. The molecule has 1 aromatic rings. The Hall–Kier alpha value is -1.19. The van der Waals surface area contributed by atoms with Crippen LogP contribution >= 0.6 is 0 Å². The Morgan fingerprint density at radius 3 is 2.68 bits per heavy atom. The van der Waals surface area contributed by atoms with E-state index in [0.29, 0.717) is 18.2 Å². The van der Waals surface area contributed by atoms with Gasteiger partial charge in [0.25, 0.3) is 0 Å². The van der Waals surface area contributed by atoms with Crippen LogP contribution in [-0.2, 0) is 11.3 Å². The van der Waals surface area contributed by atoms with Crippen LogP contribution in [0.2, 0.25) is 0 Å². The molecule has 4 aliphatic carbocycles. The van der Waals surface area contributed by atoms with E-state index in [9.17, 15) is 4.79 Å². The maximum Gasteiger partial charge on any atom is 0.157 e. The third-order valence-electron chi connectivity index (χ3n) is 9.71. The Labute approximate surface area is 169 Å². The van der Waals surface area contributed by atoms with E-state index in [2.05, 4.69) is 31.1 Å². The van der Waals surface area contributed by atoms with E-state index in [4.69, 9.17) is 0 Å². The first kappa shape index (κ1) is 18.8. The van der Waals surface area contributed by atoms with Crippen LogP contribution in [0, 0.1) is 52.8 Å². The van der Waals surface area contributed by atoms with Gasteiger partial charge < -0.3 is 0 Å². The predicted octanol–water partition coefficient (Wildman–Crippen LogP) is 5.00. The molecule has 4 fully saturated rings. The Bertz CT molecular complexity index is 715. The molecule has 0 spiro atoms. The molecular weight excluding hydrogens is 346 g/mol. The zero-order chi connectivity index (χ0) is 19.5. The molecule has 1 aromatic heterocycles. The molecule has 0 radical (unpaired) electrons. The molecule has 4 heteroatoms. The molecule has 154 valence electrons. The standard InChI is InChI=1S/C24H37N3O/c1-15-4-6-18-17(12-15)5-7-20-19(18)8-9-24(3)21(13-16(2)23(20)24)22(28)14-27-11-10-25-26-27/h10-11,15-21,23H,4-9,12-14H2,1-3H3/t15-,16+,17+,18-,19?,20+,21+,23-,24+/m0/s1. The summed E-state index contributed by atoms with van der Waals surface area (Å²) in [7, 11) is 0. The number of hydrogen-bond acceptors (Lipinski definition) is 3. The first-order chi connectivity index (χ1) is 13.5. The molecule has 4 saturated carbocycles. The summed E-state index contributed by atoms with van der Waals surface area (Å²) in [5, 5.41) is 7.91. The number of ketones is 1. The molecule has 28 heavy (non-hydrogen) atoms. The van der Waals surface area contributed by atoms with E-state index in [1.165, 1.54) is 44.9 Å². The van der Waals surface area contributed by atoms with Crippen LogP contribution in [0.3, 0.4) is 0 Å². The molecule has 0 bridgehead atoms. The maximum absolute atomic E-state index is 13.3. The first-order valence-electron chi connectivity index (χ1n) is 11.8. The fourth-order valence-corrected chi connectivity index (χ4v) is 8.72. The molecule has 1 unspecified atom stereocenters. The Morgan fingerprint density at radius 2 is 1.89 bits per heavy atom. The third kappa shape index (κ3) is 2.89. The molecule has 5 rings (SSSR count). The van der Waals surface area contributed by atoms with E-state index in [-0.39, 0.29) is 11.3 Å². The summed E-state index contributed by atoms with van der Waals surface area (Å²) in [6.45, 7) is 7.78. The van der Waals surface area contributed by atoms with Gasteiger partial charge in [0, 0.05) is 12.1 Å². The van der Waals surface area contributed by atoms with Gasteiger partial charge in [-0.1, -0.05) is 32.4 Å². The summed E-state index contributed by atoms with van der Waals surface area (Å²) < 4.78 is 1.71. The SMILES string of the molecule is C[C@H]1CC[C@@H]2C3CC[C@@]4(C)[C@@H]([C@H](C)C[C@@H]4C(=O)Cn4ccnn4)[C@@H]3CC[C@@H]2C1. The van der Waals surface area contributed by atoms with E-state index < -0.39 is 0 Å². The van der Waals surface area contributed by atoms with Crippen LogP contribution in [0.5, 0.6) is 0 Å². The summed E-state index contributed by atoms with van der Waals surface area (Å²) in [5.74, 6) is 6.76. The highest BCUT2D eigenvalue weighted by Crippen LogP contribution is 2.66. The summed E-state index contributed by atoms with van der Waals surface area (Å²) in [6.07, 6.45) is 14.5. The van der Waals surface area contributed by atoms with Crippen molar-refractivity contribution in [1.82, 2.24) is 15.0 Å². The lowest BCUT2D eigenvalue weighted by Gasteiger charge is -2.56. The van der Waals surface area contributed by atoms with E-state index in [1.807, 2.05) is 6.20 Å². The summed E-state index contributed by atoms with van der Waals surface area (Å²) in [4.78, 5) is 13.3. The van der Waals surface area contributed by atoms with Gasteiger partial charge in [0.15, 0.2) is 5.78 Å². The van der Waals surface area contributed by atoms with Gasteiger partial charge in [0.05, 0.1) is 6.20 Å². The van der Waals surface area contributed by atoms with Crippen LogP contribution in [0.15, 0.2) is 12.4 Å². The highest BCUT2D eigenvalue weighted by Gasteiger charge is 2.60. The zero-order valence-electron chi connectivity index (χ0n) is 17.9. The summed E-state index contributed by atoms with van der Waals surface area (Å²) >= 11 is 0. The predicted molar refractivity (Wildman–Crippen MR) is 109 cm³/mol. The molecule has 9 atom stereocenters. The van der Waals surface area contributed by atoms with E-state index in [0.717, 1.165) is 41.9 Å².